The van der Waals surface area contributed by atoms with Gasteiger partial charge in [0.2, 0.25) is 5.91 Å². The zero-order valence-electron chi connectivity index (χ0n) is 41.9. The molecule has 73 heavy (non-hydrogen) atoms. The molecule has 5 rings (SSSR count). The summed E-state index contributed by atoms with van der Waals surface area (Å²) in [7, 11) is 0. The van der Waals surface area contributed by atoms with Crippen molar-refractivity contribution in [3.05, 3.63) is 59.7 Å². The van der Waals surface area contributed by atoms with E-state index in [1.807, 2.05) is 48.5 Å². The summed E-state index contributed by atoms with van der Waals surface area (Å²) in [5, 5.41) is 4.89. The highest BCUT2D eigenvalue weighted by atomic mass is 16.8. The van der Waals surface area contributed by atoms with Gasteiger partial charge in [0.15, 0.2) is 43.0 Å². The molecule has 0 spiro atoms. The van der Waals surface area contributed by atoms with Crippen LogP contribution in [0.15, 0.2) is 48.5 Å². The Bertz CT molecular complexity index is 2350. The van der Waals surface area contributed by atoms with E-state index in [2.05, 4.69) is 10.6 Å². The summed E-state index contributed by atoms with van der Waals surface area (Å²) < 4.78 is 68.1. The van der Waals surface area contributed by atoms with Crippen LogP contribution in [0.5, 0.6) is 0 Å². The third-order valence-electron chi connectivity index (χ3n) is 10.9. The molecule has 2 aromatic carbocycles. The molecular weight excluding hydrogens is 969 g/mol. The summed E-state index contributed by atoms with van der Waals surface area (Å²) in [6.07, 6.45) is -19.5. The van der Waals surface area contributed by atoms with E-state index < -0.39 is 152 Å². The average Bonchev–Trinajstić information content (AvgIpc) is 3.59. The molecule has 2 fully saturated rings. The molecule has 2 N–H and O–H groups in total. The number of fused-ring (bicyclic) bond motifs is 3. The fourth-order valence-electron chi connectivity index (χ4n) is 8.38. The van der Waals surface area contributed by atoms with Crippen molar-refractivity contribution >= 4 is 59.8 Å². The molecule has 1 aliphatic carbocycles. The summed E-state index contributed by atoms with van der Waals surface area (Å²) in [4.78, 5) is 129. The number of alkyl carbamates (subject to hydrolysis) is 1. The van der Waals surface area contributed by atoms with Gasteiger partial charge in [0.1, 0.15) is 49.8 Å². The van der Waals surface area contributed by atoms with Crippen LogP contribution in [-0.2, 0) is 100.0 Å². The van der Waals surface area contributed by atoms with Crippen LogP contribution in [0.3, 0.4) is 0 Å². The first-order valence-corrected chi connectivity index (χ1v) is 23.0. The van der Waals surface area contributed by atoms with Crippen molar-refractivity contribution in [3.8, 4) is 11.1 Å². The van der Waals surface area contributed by atoms with Crippen LogP contribution in [0.1, 0.15) is 92.7 Å². The van der Waals surface area contributed by atoms with Gasteiger partial charge in [-0.05, 0) is 43.0 Å². The Morgan fingerprint density at radius 2 is 0.986 bits per heavy atom. The third-order valence-corrected chi connectivity index (χ3v) is 10.9. The van der Waals surface area contributed by atoms with Crippen LogP contribution < -0.4 is 10.6 Å². The molecule has 24 heteroatoms. The minimum absolute atomic E-state index is 0.144. The topological polar surface area (TPSA) is 306 Å². The van der Waals surface area contributed by atoms with Crippen molar-refractivity contribution in [1.29, 1.82) is 0 Å². The lowest BCUT2D eigenvalue weighted by Gasteiger charge is -2.48. The second-order valence-electron chi connectivity index (χ2n) is 18.0. The molecule has 0 unspecified atom stereocenters. The van der Waals surface area contributed by atoms with Crippen molar-refractivity contribution in [1.82, 2.24) is 10.6 Å². The Morgan fingerprint density at radius 1 is 0.534 bits per heavy atom. The van der Waals surface area contributed by atoms with Gasteiger partial charge in [0, 0.05) is 54.4 Å². The maximum absolute atomic E-state index is 14.1. The molecule has 0 bridgehead atoms. The number of hydrogen-bond acceptors (Lipinski definition) is 22. The Labute approximate surface area is 419 Å². The first-order valence-electron chi connectivity index (χ1n) is 23.0. The summed E-state index contributed by atoms with van der Waals surface area (Å²) in [6.45, 7) is 10.2. The number of amides is 2. The van der Waals surface area contributed by atoms with Gasteiger partial charge in [-0.2, -0.15) is 0 Å². The van der Waals surface area contributed by atoms with Gasteiger partial charge < -0.3 is 67.5 Å². The molecule has 24 nitrogen and oxygen atoms in total. The summed E-state index contributed by atoms with van der Waals surface area (Å²) in [5.74, 6) is -9.02. The van der Waals surface area contributed by atoms with Crippen LogP contribution in [-0.4, -0.2) is 153 Å². The van der Waals surface area contributed by atoms with E-state index in [0.717, 1.165) is 70.7 Å². The standard InChI is InChI=1S/C49H60N2O22/c1-23(52)62-21-36-40(72-47-44(69-29(7)58)42(67-27(5)56)39(65-25(3)54)37(71-47)22-63-24(2)53)41(66-26(4)55)43(68-28(6)57)45(70-36)51-38(59)19-35(46(60)73-49(8,9)10)50-48(61)64-20-34-32-17-13-11-15-30(32)31-16-12-14-18-33(31)34/h11-18,34-37,39-45,47H,19-22H2,1-10H3,(H,50,61)(H,51,59)/t35-,36+,37+,39+,40+,41-,42-,43+,44+,45+,47-/m0/s1. The molecule has 2 aliphatic heterocycles. The van der Waals surface area contributed by atoms with E-state index in [1.165, 1.54) is 0 Å². The third kappa shape index (κ3) is 15.9. The van der Waals surface area contributed by atoms with Gasteiger partial charge in [0.05, 0.1) is 6.42 Å². The number of ether oxygens (including phenoxy) is 12. The maximum atomic E-state index is 14.1. The van der Waals surface area contributed by atoms with Crippen molar-refractivity contribution < 1.29 is 105 Å². The molecule has 3 aliphatic rings. The Kier molecular flexibility index (Phi) is 19.4. The summed E-state index contributed by atoms with van der Waals surface area (Å²) in [6, 6.07) is 13.5. The monoisotopic (exact) mass is 1030 g/mol. The van der Waals surface area contributed by atoms with Gasteiger partial charge in [-0.25, -0.2) is 9.59 Å². The van der Waals surface area contributed by atoms with Crippen molar-refractivity contribution in [2.75, 3.05) is 19.8 Å². The second-order valence-corrected chi connectivity index (χ2v) is 18.0. The quantitative estimate of drug-likeness (QED) is 0.160. The number of hydrogen-bond donors (Lipinski definition) is 2. The lowest BCUT2D eigenvalue weighted by molar-refractivity contribution is -0.345. The van der Waals surface area contributed by atoms with Gasteiger partial charge in [-0.3, -0.25) is 38.4 Å². The Hall–Kier alpha value is -7.18. The average molecular weight is 1030 g/mol. The van der Waals surface area contributed by atoms with Gasteiger partial charge in [-0.1, -0.05) is 48.5 Å². The Balaban J connectivity index is 1.46. The first-order chi connectivity index (χ1) is 34.3. The smallest absolute Gasteiger partial charge is 0.407 e. The lowest BCUT2D eigenvalue weighted by atomic mass is 9.95. The van der Waals surface area contributed by atoms with E-state index in [1.54, 1.807) is 20.8 Å². The Morgan fingerprint density at radius 3 is 1.48 bits per heavy atom. The summed E-state index contributed by atoms with van der Waals surface area (Å²) in [5.41, 5.74) is 2.67. The van der Waals surface area contributed by atoms with E-state index in [4.69, 9.17) is 56.8 Å². The largest absolute Gasteiger partial charge is 0.463 e. The number of esters is 8. The summed E-state index contributed by atoms with van der Waals surface area (Å²) >= 11 is 0. The van der Waals surface area contributed by atoms with Crippen LogP contribution in [0.4, 0.5) is 4.79 Å². The van der Waals surface area contributed by atoms with E-state index in [9.17, 15) is 47.9 Å². The van der Waals surface area contributed by atoms with Crippen molar-refractivity contribution in [3.63, 3.8) is 0 Å². The van der Waals surface area contributed by atoms with Gasteiger partial charge >= 0.3 is 53.8 Å². The number of nitrogens with one attached hydrogen (secondary N) is 2. The number of carbonyl (C=O) groups is 10. The van der Waals surface area contributed by atoms with Gasteiger partial charge in [0.25, 0.3) is 0 Å². The molecule has 11 atom stereocenters. The van der Waals surface area contributed by atoms with Crippen LogP contribution >= 0.6 is 0 Å². The fourth-order valence-corrected chi connectivity index (χ4v) is 8.38. The van der Waals surface area contributed by atoms with Crippen molar-refractivity contribution in [2.45, 2.75) is 155 Å². The molecule has 0 radical (unpaired) electrons. The number of carbonyl (C=O) groups excluding carboxylic acids is 10. The predicted molar refractivity (Wildman–Crippen MR) is 244 cm³/mol. The van der Waals surface area contributed by atoms with Crippen molar-refractivity contribution in [2.24, 2.45) is 0 Å². The number of rotatable bonds is 18. The SMILES string of the molecule is CC(=O)OC[C@H]1O[C@@H](NC(=O)C[C@H](NC(=O)OCC2c3ccccc3-c3ccccc32)C(=O)OC(C)(C)C)[C@H](OC(C)=O)[C@@H](OC(C)=O)[C@@H]1O[C@@H]1O[C@H](COC(C)=O)[C@@H](OC(C)=O)[C@H](OC(C)=O)[C@H]1OC(C)=O. The minimum Gasteiger partial charge on any atom is -0.463 e. The molecule has 398 valence electrons. The minimum atomic E-state index is -1.95. The highest BCUT2D eigenvalue weighted by Gasteiger charge is 2.58. The molecular formula is C49H60N2O22. The molecule has 2 amide bonds. The molecule has 2 aromatic rings. The highest BCUT2D eigenvalue weighted by Crippen LogP contribution is 2.44. The molecule has 0 saturated carbocycles. The second kappa shape index (κ2) is 25.0. The lowest BCUT2D eigenvalue weighted by Crippen LogP contribution is -2.69. The molecule has 2 heterocycles. The molecule has 0 aromatic heterocycles. The van der Waals surface area contributed by atoms with Crippen LogP contribution in [0, 0.1) is 0 Å². The zero-order valence-corrected chi connectivity index (χ0v) is 41.9. The normalized spacial score (nSPS) is 24.6. The van der Waals surface area contributed by atoms with E-state index >= 15 is 0 Å². The maximum Gasteiger partial charge on any atom is 0.407 e. The molecule has 2 saturated heterocycles. The van der Waals surface area contributed by atoms with Crippen LogP contribution in [0.25, 0.3) is 11.1 Å². The highest BCUT2D eigenvalue weighted by molar-refractivity contribution is 5.88. The van der Waals surface area contributed by atoms with E-state index in [0.29, 0.717) is 0 Å². The fraction of sp³-hybridized carbons (Fsp3) is 0.551. The van der Waals surface area contributed by atoms with Gasteiger partial charge in [-0.15, -0.1) is 0 Å². The zero-order chi connectivity index (χ0) is 53.9. The van der Waals surface area contributed by atoms with Crippen LogP contribution in [0.2, 0.25) is 0 Å². The van der Waals surface area contributed by atoms with E-state index in [-0.39, 0.29) is 12.5 Å². The first kappa shape index (κ1) is 56.7. The number of benzene rings is 2. The predicted octanol–water partition coefficient (Wildman–Crippen LogP) is 2.36.